The predicted octanol–water partition coefficient (Wildman–Crippen LogP) is 5.91. The molecule has 6 nitrogen and oxygen atoms in total. The second-order valence-electron chi connectivity index (χ2n) is 8.08. The maximum absolute atomic E-state index is 13.2. The molecule has 1 amide bonds. The first kappa shape index (κ1) is 22.3. The van der Waals surface area contributed by atoms with Gasteiger partial charge in [-0.2, -0.15) is 18.3 Å². The van der Waals surface area contributed by atoms with Crippen LogP contribution in [0.25, 0.3) is 5.69 Å². The Labute approximate surface area is 197 Å². The second kappa shape index (κ2) is 8.68. The quantitative estimate of drug-likeness (QED) is 0.371. The molecule has 4 aromatic rings. The molecule has 174 valence electrons. The van der Waals surface area contributed by atoms with Gasteiger partial charge in [-0.15, -0.1) is 0 Å². The Hall–Kier alpha value is -3.53. The Bertz CT molecular complexity index is 1340. The number of anilines is 1. The lowest BCUT2D eigenvalue weighted by atomic mass is 10.1. The largest absolute Gasteiger partial charge is 0.416 e. The highest BCUT2D eigenvalue weighted by Gasteiger charge is 2.34. The molecular weight excluding hydrogens is 463 g/mol. The standard InChI is InChI=1S/C24H20F3N5OS/c1-31-12-11-28-23(31)34-19-9-7-17(8-10-19)30-22(33)20-14-29-32(21(20)15-5-6-15)18-4-2-3-16(13-18)24(25,26)27/h2-4,7-15H,5-6H2,1H3,(H,30,33). The van der Waals surface area contributed by atoms with Crippen molar-refractivity contribution >= 4 is 23.4 Å². The van der Waals surface area contributed by atoms with Gasteiger partial charge in [-0.05, 0) is 55.3 Å². The third kappa shape index (κ3) is 4.58. The van der Waals surface area contributed by atoms with Crippen molar-refractivity contribution in [2.45, 2.75) is 35.0 Å². The van der Waals surface area contributed by atoms with Gasteiger partial charge in [0.25, 0.3) is 5.91 Å². The van der Waals surface area contributed by atoms with Gasteiger partial charge in [0.05, 0.1) is 28.7 Å². The lowest BCUT2D eigenvalue weighted by Crippen LogP contribution is -2.14. The van der Waals surface area contributed by atoms with Crippen LogP contribution in [0.15, 0.2) is 77.2 Å². The number of halogens is 3. The number of carbonyl (C=O) groups is 1. The zero-order chi connectivity index (χ0) is 23.9. The lowest BCUT2D eigenvalue weighted by Gasteiger charge is -2.12. The molecule has 0 radical (unpaired) electrons. The maximum Gasteiger partial charge on any atom is 0.416 e. The average molecular weight is 484 g/mol. The molecule has 1 saturated carbocycles. The molecule has 1 fully saturated rings. The SMILES string of the molecule is Cn1ccnc1Sc1ccc(NC(=O)c2cnn(-c3cccc(C(F)(F)F)c3)c2C2CC2)cc1. The van der Waals surface area contributed by atoms with E-state index in [4.69, 9.17) is 0 Å². The van der Waals surface area contributed by atoms with Gasteiger partial charge in [0.1, 0.15) is 0 Å². The molecule has 1 aliphatic rings. The third-order valence-corrected chi connectivity index (χ3v) is 6.62. The number of amides is 1. The van der Waals surface area contributed by atoms with Gasteiger partial charge in [-0.1, -0.05) is 17.8 Å². The van der Waals surface area contributed by atoms with Gasteiger partial charge < -0.3 is 9.88 Å². The summed E-state index contributed by atoms with van der Waals surface area (Å²) in [5.74, 6) is -0.251. The number of rotatable bonds is 6. The molecule has 0 bridgehead atoms. The summed E-state index contributed by atoms with van der Waals surface area (Å²) in [7, 11) is 1.92. The summed E-state index contributed by atoms with van der Waals surface area (Å²) in [6, 6.07) is 12.4. The molecule has 1 N–H and O–H groups in total. The molecule has 0 unspecified atom stereocenters. The van der Waals surface area contributed by atoms with E-state index in [9.17, 15) is 18.0 Å². The number of imidazole rings is 1. The van der Waals surface area contributed by atoms with Crippen molar-refractivity contribution in [2.24, 2.45) is 7.05 Å². The van der Waals surface area contributed by atoms with Crippen LogP contribution in [-0.2, 0) is 13.2 Å². The molecule has 2 aromatic carbocycles. The molecule has 0 atom stereocenters. The van der Waals surface area contributed by atoms with Crippen LogP contribution in [-0.4, -0.2) is 25.2 Å². The van der Waals surface area contributed by atoms with Gasteiger partial charge in [0.15, 0.2) is 5.16 Å². The summed E-state index contributed by atoms with van der Waals surface area (Å²) in [6.07, 6.45) is 2.30. The van der Waals surface area contributed by atoms with E-state index in [2.05, 4.69) is 15.4 Å². The smallest absolute Gasteiger partial charge is 0.329 e. The van der Waals surface area contributed by atoms with E-state index < -0.39 is 11.7 Å². The van der Waals surface area contributed by atoms with Crippen LogP contribution in [0, 0.1) is 0 Å². The van der Waals surface area contributed by atoms with Gasteiger partial charge in [0, 0.05) is 35.9 Å². The van der Waals surface area contributed by atoms with E-state index in [-0.39, 0.29) is 17.5 Å². The van der Waals surface area contributed by atoms with E-state index >= 15 is 0 Å². The highest BCUT2D eigenvalue weighted by Crippen LogP contribution is 2.43. The van der Waals surface area contributed by atoms with Crippen molar-refractivity contribution < 1.29 is 18.0 Å². The van der Waals surface area contributed by atoms with Crippen LogP contribution in [0.2, 0.25) is 0 Å². The minimum absolute atomic E-state index is 0.0920. The highest BCUT2D eigenvalue weighted by atomic mass is 32.2. The summed E-state index contributed by atoms with van der Waals surface area (Å²) in [5.41, 5.74) is 1.15. The summed E-state index contributed by atoms with van der Waals surface area (Å²) >= 11 is 1.51. The summed E-state index contributed by atoms with van der Waals surface area (Å²) in [6.45, 7) is 0. The Morgan fingerprint density at radius 3 is 2.56 bits per heavy atom. The number of benzene rings is 2. The van der Waals surface area contributed by atoms with Crippen molar-refractivity contribution in [3.8, 4) is 5.69 Å². The number of nitrogens with one attached hydrogen (secondary N) is 1. The van der Waals surface area contributed by atoms with Crippen LogP contribution >= 0.6 is 11.8 Å². The topological polar surface area (TPSA) is 64.7 Å². The predicted molar refractivity (Wildman–Crippen MR) is 122 cm³/mol. The van der Waals surface area contributed by atoms with E-state index in [1.165, 1.54) is 28.7 Å². The van der Waals surface area contributed by atoms with Crippen LogP contribution in [0.3, 0.4) is 0 Å². The number of carbonyl (C=O) groups excluding carboxylic acids is 1. The summed E-state index contributed by atoms with van der Waals surface area (Å²) in [5, 5.41) is 8.00. The minimum atomic E-state index is -4.45. The normalized spacial score (nSPS) is 13.8. The van der Waals surface area contributed by atoms with Crippen molar-refractivity contribution in [3.63, 3.8) is 0 Å². The Balaban J connectivity index is 1.37. The van der Waals surface area contributed by atoms with Crippen molar-refractivity contribution in [1.29, 1.82) is 0 Å². The first-order chi connectivity index (χ1) is 16.3. The summed E-state index contributed by atoms with van der Waals surface area (Å²) in [4.78, 5) is 18.3. The molecule has 0 aliphatic heterocycles. The molecule has 2 aromatic heterocycles. The van der Waals surface area contributed by atoms with Crippen molar-refractivity contribution in [3.05, 3.63) is 83.9 Å². The second-order valence-corrected chi connectivity index (χ2v) is 9.12. The number of hydrogen-bond donors (Lipinski definition) is 1. The highest BCUT2D eigenvalue weighted by molar-refractivity contribution is 7.99. The fourth-order valence-corrected chi connectivity index (χ4v) is 4.46. The zero-order valence-electron chi connectivity index (χ0n) is 18.1. The van der Waals surface area contributed by atoms with Crippen molar-refractivity contribution in [1.82, 2.24) is 19.3 Å². The van der Waals surface area contributed by atoms with Gasteiger partial charge in [-0.3, -0.25) is 4.79 Å². The van der Waals surface area contributed by atoms with Gasteiger partial charge in [-0.25, -0.2) is 9.67 Å². The zero-order valence-corrected chi connectivity index (χ0v) is 18.9. The molecule has 0 saturated heterocycles. The van der Waals surface area contributed by atoms with E-state index in [1.807, 2.05) is 29.9 Å². The summed E-state index contributed by atoms with van der Waals surface area (Å²) < 4.78 is 42.9. The van der Waals surface area contributed by atoms with E-state index in [1.54, 1.807) is 24.4 Å². The number of aryl methyl sites for hydroxylation is 1. The first-order valence-corrected chi connectivity index (χ1v) is 11.4. The first-order valence-electron chi connectivity index (χ1n) is 10.6. The van der Waals surface area contributed by atoms with Crippen LogP contribution in [0.4, 0.5) is 18.9 Å². The monoisotopic (exact) mass is 483 g/mol. The molecular formula is C24H20F3N5OS. The fraction of sp³-hybridized carbons (Fsp3) is 0.208. The minimum Gasteiger partial charge on any atom is -0.329 e. The van der Waals surface area contributed by atoms with Crippen LogP contribution < -0.4 is 5.32 Å². The van der Waals surface area contributed by atoms with E-state index in [0.717, 1.165) is 35.0 Å². The van der Waals surface area contributed by atoms with Crippen LogP contribution in [0.5, 0.6) is 0 Å². The number of hydrogen-bond acceptors (Lipinski definition) is 4. The molecule has 2 heterocycles. The maximum atomic E-state index is 13.2. The number of alkyl halides is 3. The molecule has 1 aliphatic carbocycles. The van der Waals surface area contributed by atoms with Crippen LogP contribution in [0.1, 0.15) is 40.4 Å². The Morgan fingerprint density at radius 1 is 1.15 bits per heavy atom. The van der Waals surface area contributed by atoms with Gasteiger partial charge >= 0.3 is 6.18 Å². The number of nitrogens with zero attached hydrogens (tertiary/aromatic N) is 4. The lowest BCUT2D eigenvalue weighted by molar-refractivity contribution is -0.137. The Kier molecular flexibility index (Phi) is 5.68. The fourth-order valence-electron chi connectivity index (χ4n) is 3.66. The average Bonchev–Trinajstić information content (AvgIpc) is 3.42. The molecule has 10 heteroatoms. The molecule has 5 rings (SSSR count). The van der Waals surface area contributed by atoms with Gasteiger partial charge in [0.2, 0.25) is 0 Å². The Morgan fingerprint density at radius 2 is 1.91 bits per heavy atom. The molecule has 0 spiro atoms. The molecule has 34 heavy (non-hydrogen) atoms. The van der Waals surface area contributed by atoms with Crippen molar-refractivity contribution in [2.75, 3.05) is 5.32 Å². The van der Waals surface area contributed by atoms with E-state index in [0.29, 0.717) is 16.9 Å². The third-order valence-electron chi connectivity index (χ3n) is 5.53. The number of aromatic nitrogens is 4.